The Morgan fingerprint density at radius 3 is 2.42 bits per heavy atom. The average Bonchev–Trinajstić information content (AvgIpc) is 3.28. The summed E-state index contributed by atoms with van der Waals surface area (Å²) >= 11 is 0. The van der Waals surface area contributed by atoms with Gasteiger partial charge in [-0.2, -0.15) is 4.98 Å². The van der Waals surface area contributed by atoms with Crippen molar-refractivity contribution in [2.24, 2.45) is 23.3 Å². The third kappa shape index (κ3) is 5.17. The summed E-state index contributed by atoms with van der Waals surface area (Å²) in [6, 6.07) is 9.09. The van der Waals surface area contributed by atoms with E-state index in [1.807, 2.05) is 31.2 Å². The van der Waals surface area contributed by atoms with Gasteiger partial charge in [0.1, 0.15) is 11.4 Å². The molecule has 12 nitrogen and oxygen atoms in total. The predicted octanol–water partition coefficient (Wildman–Crippen LogP) is -0.604. The van der Waals surface area contributed by atoms with Crippen LogP contribution >= 0.6 is 0 Å². The zero-order valence-corrected chi connectivity index (χ0v) is 21.8. The van der Waals surface area contributed by atoms with E-state index >= 15 is 0 Å². The number of hydrogen-bond donors (Lipinski definition) is 4. The van der Waals surface area contributed by atoms with Gasteiger partial charge in [-0.3, -0.25) is 19.6 Å². The highest BCUT2D eigenvalue weighted by atomic mass is 16.3. The van der Waals surface area contributed by atoms with E-state index in [1.54, 1.807) is 22.1 Å². The number of aliphatic hydroxyl groups excluding tert-OH is 1. The Bertz CT molecular complexity index is 1250. The summed E-state index contributed by atoms with van der Waals surface area (Å²) in [7, 11) is 0. The molecular formula is C26H36N8O4. The lowest BCUT2D eigenvalue weighted by Gasteiger charge is -2.41. The maximum absolute atomic E-state index is 12.9. The van der Waals surface area contributed by atoms with Gasteiger partial charge in [-0.15, -0.1) is 0 Å². The highest BCUT2D eigenvalue weighted by Gasteiger charge is 2.53. The van der Waals surface area contributed by atoms with Gasteiger partial charge in [-0.25, -0.2) is 9.59 Å². The molecule has 0 spiro atoms. The second kappa shape index (κ2) is 10.1. The lowest BCUT2D eigenvalue weighted by molar-refractivity contribution is -0.140. The molecule has 12 heteroatoms. The molecule has 3 fully saturated rings. The quantitative estimate of drug-likeness (QED) is 0.389. The Kier molecular flexibility index (Phi) is 6.99. The second-order valence-electron chi connectivity index (χ2n) is 11.0. The van der Waals surface area contributed by atoms with Crippen molar-refractivity contribution >= 4 is 17.8 Å². The smallest absolute Gasteiger partial charge is 0.354 e. The van der Waals surface area contributed by atoms with Gasteiger partial charge in [0, 0.05) is 57.5 Å². The fraction of sp³-hybridized carbons (Fsp3) is 0.538. The van der Waals surface area contributed by atoms with Crippen LogP contribution in [-0.2, 0) is 11.3 Å². The molecule has 2 saturated heterocycles. The molecule has 2 aromatic rings. The topological polar surface area (TPSA) is 163 Å². The lowest BCUT2D eigenvalue weighted by Crippen LogP contribution is -2.62. The van der Waals surface area contributed by atoms with Crippen molar-refractivity contribution in [1.29, 1.82) is 0 Å². The van der Waals surface area contributed by atoms with Crippen LogP contribution in [0.25, 0.3) is 5.69 Å². The third-order valence-electron chi connectivity index (χ3n) is 7.99. The van der Waals surface area contributed by atoms with Crippen LogP contribution in [0.15, 0.2) is 41.3 Å². The van der Waals surface area contributed by atoms with E-state index in [4.69, 9.17) is 11.5 Å². The van der Waals surface area contributed by atoms with Crippen LogP contribution in [0.2, 0.25) is 0 Å². The first-order chi connectivity index (χ1) is 18.1. The minimum Gasteiger partial charge on any atom is -0.394 e. The van der Waals surface area contributed by atoms with Gasteiger partial charge in [0.2, 0.25) is 5.91 Å². The average molecular weight is 525 g/mol. The van der Waals surface area contributed by atoms with E-state index in [0.29, 0.717) is 30.1 Å². The highest BCUT2D eigenvalue weighted by molar-refractivity contribution is 5.89. The van der Waals surface area contributed by atoms with Gasteiger partial charge in [0.25, 0.3) is 0 Å². The van der Waals surface area contributed by atoms with Crippen LogP contribution in [0.1, 0.15) is 19.4 Å². The molecule has 0 radical (unpaired) electrons. The van der Waals surface area contributed by atoms with E-state index in [0.717, 1.165) is 19.6 Å². The van der Waals surface area contributed by atoms with Crippen molar-refractivity contribution in [3.8, 4) is 5.69 Å². The van der Waals surface area contributed by atoms with Crippen LogP contribution < -0.4 is 22.5 Å². The molecule has 1 aromatic heterocycles. The molecule has 6 N–H and O–H groups in total. The Morgan fingerprint density at radius 2 is 1.82 bits per heavy atom. The number of benzene rings is 1. The SMILES string of the molecule is C[C@@H]1CN(C(=O)[C@@](C)(N)CO)CCN1C(=O)Nc1ccn(-c2ccc(CN3C[C@@H]4C(N)[C@@H]4C3)cc2)c(=O)n1. The number of urea groups is 1. The standard InChI is InChI=1S/C26H36N8O4/c1-16-11-32(23(36)26(2,28)15-35)9-10-33(16)24(37)29-21-7-8-34(25(38)30-21)18-5-3-17(4-6-18)12-31-13-19-20(14-31)22(19)27/h3-8,16,19-20,22,35H,9-15,27-28H2,1-2H3,(H,29,30,37,38)/t16-,19-,20+,22?,26+/m1/s1. The van der Waals surface area contributed by atoms with Crippen LogP contribution in [0, 0.1) is 11.8 Å². The minimum atomic E-state index is -1.36. The Balaban J connectivity index is 1.17. The number of carbonyl (C=O) groups excluding carboxylic acids is 2. The van der Waals surface area contributed by atoms with Crippen LogP contribution in [-0.4, -0.2) is 98.2 Å². The van der Waals surface area contributed by atoms with Crippen LogP contribution in [0.3, 0.4) is 0 Å². The van der Waals surface area contributed by atoms with Gasteiger partial charge in [0.05, 0.1) is 12.3 Å². The molecule has 2 aliphatic heterocycles. The van der Waals surface area contributed by atoms with Gasteiger partial charge in [0.15, 0.2) is 0 Å². The molecule has 5 atom stereocenters. The zero-order valence-electron chi connectivity index (χ0n) is 21.8. The summed E-state index contributed by atoms with van der Waals surface area (Å²) in [6.45, 7) is 6.67. The van der Waals surface area contributed by atoms with Crippen LogP contribution in [0.5, 0.6) is 0 Å². The summed E-state index contributed by atoms with van der Waals surface area (Å²) in [5.74, 6) is 1.09. The molecule has 38 heavy (non-hydrogen) atoms. The van der Waals surface area contributed by atoms with Gasteiger partial charge in [-0.1, -0.05) is 12.1 Å². The molecular weight excluding hydrogens is 488 g/mol. The Hall–Kier alpha value is -3.32. The third-order valence-corrected chi connectivity index (χ3v) is 7.99. The predicted molar refractivity (Wildman–Crippen MR) is 142 cm³/mol. The number of piperazine rings is 1. The number of amides is 3. The molecule has 1 unspecified atom stereocenters. The number of carbonyl (C=O) groups is 2. The number of rotatable bonds is 6. The maximum atomic E-state index is 12.9. The van der Waals surface area contributed by atoms with E-state index in [2.05, 4.69) is 15.2 Å². The van der Waals surface area contributed by atoms with Crippen LogP contribution in [0.4, 0.5) is 10.6 Å². The number of piperidine rings is 1. The number of nitrogens with zero attached hydrogens (tertiary/aromatic N) is 5. The fourth-order valence-electron chi connectivity index (χ4n) is 5.53. The number of hydrogen-bond acceptors (Lipinski definition) is 8. The van der Waals surface area contributed by atoms with Crippen molar-refractivity contribution in [2.45, 2.75) is 38.0 Å². The normalized spacial score (nSPS) is 26.6. The number of nitrogens with two attached hydrogens (primary N) is 2. The lowest BCUT2D eigenvalue weighted by atomic mass is 10.0. The van der Waals surface area contributed by atoms with Gasteiger partial charge < -0.3 is 26.4 Å². The van der Waals surface area contributed by atoms with Crippen molar-refractivity contribution < 1.29 is 14.7 Å². The number of nitrogens with one attached hydrogen (secondary N) is 1. The number of likely N-dealkylation sites (tertiary alicyclic amines) is 1. The molecule has 3 heterocycles. The molecule has 3 aliphatic rings. The van der Waals surface area contributed by atoms with Crippen molar-refractivity contribution in [2.75, 3.05) is 44.6 Å². The van der Waals surface area contributed by atoms with Crippen molar-refractivity contribution in [3.63, 3.8) is 0 Å². The number of fused-ring (bicyclic) bond motifs is 1. The number of aliphatic hydroxyl groups is 1. The summed E-state index contributed by atoms with van der Waals surface area (Å²) in [6.07, 6.45) is 1.59. The molecule has 204 valence electrons. The molecule has 1 aliphatic carbocycles. The number of anilines is 1. The monoisotopic (exact) mass is 524 g/mol. The Labute approximate surface area is 221 Å². The first-order valence-electron chi connectivity index (χ1n) is 13.0. The number of aromatic nitrogens is 2. The molecule has 3 amide bonds. The van der Waals surface area contributed by atoms with E-state index in [-0.39, 0.29) is 30.9 Å². The largest absolute Gasteiger partial charge is 0.394 e. The maximum Gasteiger partial charge on any atom is 0.354 e. The Morgan fingerprint density at radius 1 is 1.13 bits per heavy atom. The first-order valence-corrected chi connectivity index (χ1v) is 13.0. The second-order valence-corrected chi connectivity index (χ2v) is 11.0. The van der Waals surface area contributed by atoms with Crippen molar-refractivity contribution in [1.82, 2.24) is 24.3 Å². The summed E-state index contributed by atoms with van der Waals surface area (Å²) in [5.41, 5.74) is 11.9. The van der Waals surface area contributed by atoms with Crippen molar-refractivity contribution in [3.05, 3.63) is 52.6 Å². The molecule has 1 saturated carbocycles. The molecule has 0 bridgehead atoms. The highest BCUT2D eigenvalue weighted by Crippen LogP contribution is 2.44. The fourth-order valence-corrected chi connectivity index (χ4v) is 5.53. The first kappa shape index (κ1) is 26.3. The molecule has 5 rings (SSSR count). The van der Waals surface area contributed by atoms with E-state index in [1.165, 1.54) is 17.1 Å². The van der Waals surface area contributed by atoms with Gasteiger partial charge in [-0.05, 0) is 49.4 Å². The van der Waals surface area contributed by atoms with E-state index in [9.17, 15) is 19.5 Å². The van der Waals surface area contributed by atoms with E-state index < -0.39 is 23.9 Å². The summed E-state index contributed by atoms with van der Waals surface area (Å²) < 4.78 is 1.43. The molecule has 1 aromatic carbocycles. The zero-order chi connectivity index (χ0) is 27.2. The summed E-state index contributed by atoms with van der Waals surface area (Å²) in [5, 5.41) is 12.1. The minimum absolute atomic E-state index is 0.152. The summed E-state index contributed by atoms with van der Waals surface area (Å²) in [4.78, 5) is 47.7. The van der Waals surface area contributed by atoms with Gasteiger partial charge >= 0.3 is 11.7 Å².